The number of hydrogen-bond acceptors (Lipinski definition) is 2. The van der Waals surface area contributed by atoms with Gasteiger partial charge in [-0.25, -0.2) is 4.39 Å². The van der Waals surface area contributed by atoms with E-state index in [1.165, 1.54) is 12.1 Å². The summed E-state index contributed by atoms with van der Waals surface area (Å²) in [6.07, 6.45) is 0. The first-order valence-electron chi connectivity index (χ1n) is 6.19. The molecule has 0 saturated carbocycles. The SMILES string of the molecule is CC(NC(=O)c1cc(F)ccc1N)c1ccc(Cl)cc1Cl. The van der Waals surface area contributed by atoms with Crippen molar-refractivity contribution in [3.63, 3.8) is 0 Å². The largest absolute Gasteiger partial charge is 0.398 e. The molecule has 6 heteroatoms. The van der Waals surface area contributed by atoms with E-state index >= 15 is 0 Å². The molecule has 0 aliphatic rings. The minimum Gasteiger partial charge on any atom is -0.398 e. The average Bonchev–Trinajstić information content (AvgIpc) is 2.41. The van der Waals surface area contributed by atoms with Gasteiger partial charge in [0.15, 0.2) is 0 Å². The molecule has 0 heterocycles. The summed E-state index contributed by atoms with van der Waals surface area (Å²) in [6, 6.07) is 8.28. The second-order valence-corrected chi connectivity index (χ2v) is 5.44. The number of rotatable bonds is 3. The molecule has 21 heavy (non-hydrogen) atoms. The Bertz CT molecular complexity index is 691. The summed E-state index contributed by atoms with van der Waals surface area (Å²) in [5.41, 5.74) is 6.70. The monoisotopic (exact) mass is 326 g/mol. The quantitative estimate of drug-likeness (QED) is 0.830. The van der Waals surface area contributed by atoms with E-state index in [1.807, 2.05) is 0 Å². The van der Waals surface area contributed by atoms with Crippen LogP contribution in [-0.4, -0.2) is 5.91 Å². The Balaban J connectivity index is 2.20. The minimum atomic E-state index is -0.522. The molecule has 0 aliphatic heterocycles. The van der Waals surface area contributed by atoms with E-state index in [4.69, 9.17) is 28.9 Å². The summed E-state index contributed by atoms with van der Waals surface area (Å²) in [6.45, 7) is 1.77. The molecule has 3 nitrogen and oxygen atoms in total. The van der Waals surface area contributed by atoms with Crippen molar-refractivity contribution < 1.29 is 9.18 Å². The smallest absolute Gasteiger partial charge is 0.253 e. The Hall–Kier alpha value is -1.78. The second-order valence-electron chi connectivity index (χ2n) is 4.59. The molecule has 1 amide bonds. The highest BCUT2D eigenvalue weighted by Gasteiger charge is 2.16. The van der Waals surface area contributed by atoms with E-state index in [0.29, 0.717) is 15.6 Å². The van der Waals surface area contributed by atoms with Crippen molar-refractivity contribution >= 4 is 34.8 Å². The zero-order valence-corrected chi connectivity index (χ0v) is 12.7. The lowest BCUT2D eigenvalue weighted by atomic mass is 10.1. The van der Waals surface area contributed by atoms with Crippen LogP contribution in [0, 0.1) is 5.82 Å². The standard InChI is InChI=1S/C15H13Cl2FN2O/c1-8(11-4-2-9(16)6-13(11)17)20-15(21)12-7-10(18)3-5-14(12)19/h2-8H,19H2,1H3,(H,20,21). The van der Waals surface area contributed by atoms with Gasteiger partial charge in [0.25, 0.3) is 5.91 Å². The van der Waals surface area contributed by atoms with Crippen molar-refractivity contribution in [2.75, 3.05) is 5.73 Å². The number of nitrogens with one attached hydrogen (secondary N) is 1. The Kier molecular flexibility index (Phi) is 4.70. The van der Waals surface area contributed by atoms with E-state index in [9.17, 15) is 9.18 Å². The van der Waals surface area contributed by atoms with Crippen LogP contribution >= 0.6 is 23.2 Å². The fourth-order valence-corrected chi connectivity index (χ4v) is 2.50. The molecule has 0 saturated heterocycles. The van der Waals surface area contributed by atoms with Crippen LogP contribution in [0.15, 0.2) is 36.4 Å². The summed E-state index contributed by atoms with van der Waals surface area (Å²) in [7, 11) is 0. The number of hydrogen-bond donors (Lipinski definition) is 2. The molecule has 0 aromatic heterocycles. The normalized spacial score (nSPS) is 12.0. The molecule has 0 fully saturated rings. The summed E-state index contributed by atoms with van der Waals surface area (Å²) in [5, 5.41) is 3.69. The molecule has 0 spiro atoms. The topological polar surface area (TPSA) is 55.1 Å². The third-order valence-electron chi connectivity index (χ3n) is 3.04. The van der Waals surface area contributed by atoms with E-state index < -0.39 is 11.7 Å². The lowest BCUT2D eigenvalue weighted by Crippen LogP contribution is -2.27. The van der Waals surface area contributed by atoms with Gasteiger partial charge < -0.3 is 11.1 Å². The lowest BCUT2D eigenvalue weighted by molar-refractivity contribution is 0.0940. The fraction of sp³-hybridized carbons (Fsp3) is 0.133. The van der Waals surface area contributed by atoms with Crippen LogP contribution in [-0.2, 0) is 0 Å². The molecule has 2 aromatic rings. The van der Waals surface area contributed by atoms with Crippen LogP contribution in [0.2, 0.25) is 10.0 Å². The van der Waals surface area contributed by atoms with Crippen molar-refractivity contribution in [3.05, 3.63) is 63.4 Å². The van der Waals surface area contributed by atoms with Gasteiger partial charge in [-0.1, -0.05) is 29.3 Å². The van der Waals surface area contributed by atoms with E-state index in [1.54, 1.807) is 25.1 Å². The highest BCUT2D eigenvalue weighted by atomic mass is 35.5. The van der Waals surface area contributed by atoms with E-state index in [2.05, 4.69) is 5.32 Å². The number of nitrogen functional groups attached to an aromatic ring is 1. The molecular weight excluding hydrogens is 314 g/mol. The van der Waals surface area contributed by atoms with Crippen LogP contribution < -0.4 is 11.1 Å². The van der Waals surface area contributed by atoms with E-state index in [0.717, 1.165) is 6.07 Å². The number of nitrogens with two attached hydrogens (primary N) is 1. The first kappa shape index (κ1) is 15.6. The van der Waals surface area contributed by atoms with Gasteiger partial charge in [0, 0.05) is 15.7 Å². The van der Waals surface area contributed by atoms with Gasteiger partial charge in [-0.15, -0.1) is 0 Å². The van der Waals surface area contributed by atoms with Gasteiger partial charge in [-0.3, -0.25) is 4.79 Å². The third kappa shape index (κ3) is 3.65. The van der Waals surface area contributed by atoms with Crippen molar-refractivity contribution in [2.24, 2.45) is 0 Å². The number of benzene rings is 2. The fourth-order valence-electron chi connectivity index (χ4n) is 1.93. The molecule has 1 unspecified atom stereocenters. The Morgan fingerprint density at radius 2 is 1.95 bits per heavy atom. The predicted molar refractivity (Wildman–Crippen MR) is 83.2 cm³/mol. The number of carbonyl (C=O) groups is 1. The maximum absolute atomic E-state index is 13.2. The summed E-state index contributed by atoms with van der Waals surface area (Å²) >= 11 is 11.9. The van der Waals surface area contributed by atoms with E-state index in [-0.39, 0.29) is 17.3 Å². The Labute approximate surface area is 131 Å². The summed E-state index contributed by atoms with van der Waals surface area (Å²) < 4.78 is 13.2. The van der Waals surface area contributed by atoms with Gasteiger partial charge in [-0.2, -0.15) is 0 Å². The van der Waals surface area contributed by atoms with Crippen LogP contribution in [0.3, 0.4) is 0 Å². The molecule has 2 aromatic carbocycles. The summed E-state index contributed by atoms with van der Waals surface area (Å²) in [5.74, 6) is -0.989. The molecule has 110 valence electrons. The van der Waals surface area contributed by atoms with Gasteiger partial charge in [0.1, 0.15) is 5.82 Å². The molecule has 0 bridgehead atoms. The van der Waals surface area contributed by atoms with Crippen molar-refractivity contribution in [3.8, 4) is 0 Å². The molecule has 0 aliphatic carbocycles. The molecular formula is C15H13Cl2FN2O. The number of amides is 1. The average molecular weight is 327 g/mol. The number of halogens is 3. The second kappa shape index (κ2) is 6.33. The summed E-state index contributed by atoms with van der Waals surface area (Å²) in [4.78, 5) is 12.2. The van der Waals surface area contributed by atoms with Crippen molar-refractivity contribution in [1.29, 1.82) is 0 Å². The van der Waals surface area contributed by atoms with Crippen LogP contribution in [0.25, 0.3) is 0 Å². The lowest BCUT2D eigenvalue weighted by Gasteiger charge is -2.16. The number of carbonyl (C=O) groups excluding carboxylic acids is 1. The van der Waals surface area contributed by atoms with Crippen LogP contribution in [0.5, 0.6) is 0 Å². The minimum absolute atomic E-state index is 0.0898. The predicted octanol–water partition coefficient (Wildman–Crippen LogP) is 4.21. The van der Waals surface area contributed by atoms with Crippen LogP contribution in [0.1, 0.15) is 28.9 Å². The van der Waals surface area contributed by atoms with Gasteiger partial charge >= 0.3 is 0 Å². The highest BCUT2D eigenvalue weighted by Crippen LogP contribution is 2.26. The molecule has 0 radical (unpaired) electrons. The zero-order chi connectivity index (χ0) is 15.6. The van der Waals surface area contributed by atoms with Crippen LogP contribution in [0.4, 0.5) is 10.1 Å². The highest BCUT2D eigenvalue weighted by molar-refractivity contribution is 6.35. The van der Waals surface area contributed by atoms with Crippen molar-refractivity contribution in [2.45, 2.75) is 13.0 Å². The maximum Gasteiger partial charge on any atom is 0.253 e. The molecule has 1 atom stereocenters. The third-order valence-corrected chi connectivity index (χ3v) is 3.60. The molecule has 2 rings (SSSR count). The Morgan fingerprint density at radius 1 is 1.24 bits per heavy atom. The maximum atomic E-state index is 13.2. The van der Waals surface area contributed by atoms with Gasteiger partial charge in [0.05, 0.1) is 11.6 Å². The van der Waals surface area contributed by atoms with Gasteiger partial charge in [-0.05, 0) is 42.8 Å². The first-order chi connectivity index (χ1) is 9.88. The zero-order valence-electron chi connectivity index (χ0n) is 11.2. The van der Waals surface area contributed by atoms with Gasteiger partial charge in [0.2, 0.25) is 0 Å². The number of anilines is 1. The first-order valence-corrected chi connectivity index (χ1v) is 6.95. The molecule has 3 N–H and O–H groups in total. The van der Waals surface area contributed by atoms with Crippen molar-refractivity contribution in [1.82, 2.24) is 5.32 Å². The Morgan fingerprint density at radius 3 is 2.62 bits per heavy atom.